The van der Waals surface area contributed by atoms with Gasteiger partial charge in [0, 0.05) is 0 Å². The molecule has 1 saturated carbocycles. The maximum Gasteiger partial charge on any atom is 0.306 e. The number of unbranched alkanes of at least 4 members (excludes halogenated alkanes) is 1. The van der Waals surface area contributed by atoms with Gasteiger partial charge in [-0.25, -0.2) is 0 Å². The highest BCUT2D eigenvalue weighted by molar-refractivity contribution is 5.69. The fourth-order valence-electron chi connectivity index (χ4n) is 2.81. The molecule has 0 heterocycles. The van der Waals surface area contributed by atoms with Gasteiger partial charge < -0.3 is 9.84 Å². The number of aliphatic hydroxyl groups excluding tert-OH is 1. The lowest BCUT2D eigenvalue weighted by molar-refractivity contribution is -0.147. The number of hydrogen-bond acceptors (Lipinski definition) is 3. The molecule has 0 spiro atoms. The van der Waals surface area contributed by atoms with Crippen molar-refractivity contribution in [3.63, 3.8) is 0 Å². The van der Waals surface area contributed by atoms with Gasteiger partial charge in [0.2, 0.25) is 0 Å². The third kappa shape index (κ3) is 6.42. The topological polar surface area (TPSA) is 46.5 Å². The number of esters is 1. The molecule has 19 heavy (non-hydrogen) atoms. The first-order valence-corrected chi connectivity index (χ1v) is 8.01. The highest BCUT2D eigenvalue weighted by atomic mass is 16.5. The van der Waals surface area contributed by atoms with Crippen LogP contribution in [0.4, 0.5) is 0 Å². The van der Waals surface area contributed by atoms with Gasteiger partial charge in [-0.3, -0.25) is 4.79 Å². The highest BCUT2D eigenvalue weighted by Crippen LogP contribution is 2.27. The van der Waals surface area contributed by atoms with E-state index in [0.29, 0.717) is 18.9 Å². The van der Waals surface area contributed by atoms with Crippen LogP contribution < -0.4 is 0 Å². The quantitative estimate of drug-likeness (QED) is 0.684. The molecule has 0 aromatic heterocycles. The first-order valence-electron chi connectivity index (χ1n) is 8.01. The third-order valence-corrected chi connectivity index (χ3v) is 4.32. The van der Waals surface area contributed by atoms with Gasteiger partial charge in [-0.15, -0.1) is 0 Å². The molecule has 1 unspecified atom stereocenters. The summed E-state index contributed by atoms with van der Waals surface area (Å²) in [6.45, 7) is 4.89. The van der Waals surface area contributed by atoms with Crippen molar-refractivity contribution in [2.45, 2.75) is 77.7 Å². The Morgan fingerprint density at radius 1 is 1.32 bits per heavy atom. The van der Waals surface area contributed by atoms with Crippen LogP contribution in [0, 0.1) is 11.8 Å². The van der Waals surface area contributed by atoms with E-state index in [9.17, 15) is 9.90 Å². The predicted molar refractivity (Wildman–Crippen MR) is 76.8 cm³/mol. The summed E-state index contributed by atoms with van der Waals surface area (Å²) in [5.74, 6) is 0.498. The Bertz CT molecular complexity index is 252. The predicted octanol–water partition coefficient (Wildman–Crippen LogP) is 3.69. The lowest BCUT2D eigenvalue weighted by Crippen LogP contribution is -2.27. The molecule has 1 rings (SSSR count). The first-order chi connectivity index (χ1) is 9.17. The third-order valence-electron chi connectivity index (χ3n) is 4.32. The number of carbonyl (C=O) groups is 1. The summed E-state index contributed by atoms with van der Waals surface area (Å²) in [5, 5.41) is 9.85. The fourth-order valence-corrected chi connectivity index (χ4v) is 2.81. The maximum absolute atomic E-state index is 11.8. The van der Waals surface area contributed by atoms with E-state index in [1.807, 2.05) is 0 Å². The van der Waals surface area contributed by atoms with Crippen LogP contribution in [0.5, 0.6) is 0 Å². The SMILES string of the molecule is CCCCC(CC)COC(=O)C[C@H]1CCCC[C@@H]1O. The van der Waals surface area contributed by atoms with E-state index in [1.54, 1.807) is 0 Å². The summed E-state index contributed by atoms with van der Waals surface area (Å²) in [6.07, 6.45) is 8.72. The second-order valence-electron chi connectivity index (χ2n) is 5.92. The summed E-state index contributed by atoms with van der Waals surface area (Å²) in [4.78, 5) is 11.8. The molecule has 1 N–H and O–H groups in total. The molecule has 3 nitrogen and oxygen atoms in total. The molecule has 0 bridgehead atoms. The van der Waals surface area contributed by atoms with Crippen molar-refractivity contribution >= 4 is 5.97 Å². The monoisotopic (exact) mass is 270 g/mol. The van der Waals surface area contributed by atoms with E-state index in [4.69, 9.17) is 4.74 Å². The standard InChI is InChI=1S/C16H30O3/c1-3-5-8-13(4-2)12-19-16(18)11-14-9-6-7-10-15(14)17/h13-15,17H,3-12H2,1-2H3/t13?,14-,15+/m1/s1. The van der Waals surface area contributed by atoms with Gasteiger partial charge >= 0.3 is 5.97 Å². The van der Waals surface area contributed by atoms with Crippen molar-refractivity contribution in [2.24, 2.45) is 11.8 Å². The number of hydrogen-bond donors (Lipinski definition) is 1. The van der Waals surface area contributed by atoms with Crippen LogP contribution in [0.1, 0.15) is 71.6 Å². The van der Waals surface area contributed by atoms with Crippen LogP contribution in [-0.4, -0.2) is 23.8 Å². The van der Waals surface area contributed by atoms with Crippen LogP contribution in [0.25, 0.3) is 0 Å². The minimum Gasteiger partial charge on any atom is -0.465 e. The van der Waals surface area contributed by atoms with E-state index >= 15 is 0 Å². The van der Waals surface area contributed by atoms with Crippen LogP contribution in [0.3, 0.4) is 0 Å². The zero-order valence-electron chi connectivity index (χ0n) is 12.6. The van der Waals surface area contributed by atoms with Crippen molar-refractivity contribution in [1.29, 1.82) is 0 Å². The van der Waals surface area contributed by atoms with Crippen LogP contribution in [0.15, 0.2) is 0 Å². The summed E-state index contributed by atoms with van der Waals surface area (Å²) in [5.41, 5.74) is 0. The maximum atomic E-state index is 11.8. The molecule has 0 aromatic rings. The Morgan fingerprint density at radius 2 is 2.05 bits per heavy atom. The number of rotatable bonds is 8. The van der Waals surface area contributed by atoms with Crippen LogP contribution in [0.2, 0.25) is 0 Å². The van der Waals surface area contributed by atoms with Crippen LogP contribution in [-0.2, 0) is 9.53 Å². The molecular formula is C16H30O3. The highest BCUT2D eigenvalue weighted by Gasteiger charge is 2.26. The van der Waals surface area contributed by atoms with Gasteiger partial charge in [-0.05, 0) is 31.1 Å². The van der Waals surface area contributed by atoms with Crippen molar-refractivity contribution in [2.75, 3.05) is 6.61 Å². The molecule has 1 fully saturated rings. The Labute approximate surface area is 117 Å². The van der Waals surface area contributed by atoms with Gasteiger partial charge in [-0.2, -0.15) is 0 Å². The summed E-state index contributed by atoms with van der Waals surface area (Å²) in [7, 11) is 0. The molecule has 1 aliphatic rings. The average molecular weight is 270 g/mol. The van der Waals surface area contributed by atoms with Crippen molar-refractivity contribution < 1.29 is 14.6 Å². The molecular weight excluding hydrogens is 240 g/mol. The number of aliphatic hydroxyl groups is 1. The first kappa shape index (κ1) is 16.5. The molecule has 0 radical (unpaired) electrons. The zero-order chi connectivity index (χ0) is 14.1. The van der Waals surface area contributed by atoms with E-state index in [-0.39, 0.29) is 18.0 Å². The second kappa shape index (κ2) is 9.35. The average Bonchev–Trinajstić information content (AvgIpc) is 2.41. The van der Waals surface area contributed by atoms with Crippen molar-refractivity contribution in [1.82, 2.24) is 0 Å². The molecule has 112 valence electrons. The number of ether oxygens (including phenoxy) is 1. The van der Waals surface area contributed by atoms with Crippen LogP contribution >= 0.6 is 0 Å². The van der Waals surface area contributed by atoms with Gasteiger partial charge in [0.25, 0.3) is 0 Å². The largest absolute Gasteiger partial charge is 0.465 e. The molecule has 0 aromatic carbocycles. The number of carbonyl (C=O) groups excluding carboxylic acids is 1. The second-order valence-corrected chi connectivity index (χ2v) is 5.92. The van der Waals surface area contributed by atoms with Gasteiger partial charge in [0.1, 0.15) is 0 Å². The molecule has 0 saturated heterocycles. The molecule has 0 amide bonds. The molecule has 0 aliphatic heterocycles. The van der Waals surface area contributed by atoms with Gasteiger partial charge in [0.05, 0.1) is 19.1 Å². The Kier molecular flexibility index (Phi) is 8.11. The lowest BCUT2D eigenvalue weighted by atomic mass is 9.84. The van der Waals surface area contributed by atoms with Gasteiger partial charge in [-0.1, -0.05) is 46.0 Å². The smallest absolute Gasteiger partial charge is 0.306 e. The summed E-state index contributed by atoms with van der Waals surface area (Å²) >= 11 is 0. The van der Waals surface area contributed by atoms with E-state index in [1.165, 1.54) is 12.8 Å². The molecule has 3 atom stereocenters. The molecule has 3 heteroatoms. The van der Waals surface area contributed by atoms with Crippen molar-refractivity contribution in [3.05, 3.63) is 0 Å². The van der Waals surface area contributed by atoms with E-state index in [0.717, 1.165) is 38.5 Å². The Balaban J connectivity index is 2.22. The Morgan fingerprint density at radius 3 is 2.68 bits per heavy atom. The minimum absolute atomic E-state index is 0.122. The minimum atomic E-state index is -0.302. The van der Waals surface area contributed by atoms with E-state index in [2.05, 4.69) is 13.8 Å². The fraction of sp³-hybridized carbons (Fsp3) is 0.938. The lowest BCUT2D eigenvalue weighted by Gasteiger charge is -2.26. The van der Waals surface area contributed by atoms with Gasteiger partial charge in [0.15, 0.2) is 0 Å². The van der Waals surface area contributed by atoms with E-state index < -0.39 is 0 Å². The van der Waals surface area contributed by atoms with Crippen molar-refractivity contribution in [3.8, 4) is 0 Å². The zero-order valence-corrected chi connectivity index (χ0v) is 12.6. The summed E-state index contributed by atoms with van der Waals surface area (Å²) < 4.78 is 5.39. The summed E-state index contributed by atoms with van der Waals surface area (Å²) in [6, 6.07) is 0. The molecule has 1 aliphatic carbocycles. The Hall–Kier alpha value is -0.570. The normalized spacial score (nSPS) is 25.0.